The molecule has 16 heavy (non-hydrogen) atoms. The molecule has 0 fully saturated rings. The molecule has 0 spiro atoms. The van der Waals surface area contributed by atoms with Crippen LogP contribution >= 0.6 is 11.6 Å². The zero-order valence-electron chi connectivity index (χ0n) is 9.27. The van der Waals surface area contributed by atoms with Crippen LogP contribution in [0.1, 0.15) is 24.4 Å². The summed E-state index contributed by atoms with van der Waals surface area (Å²) in [6.45, 7) is 2.88. The lowest BCUT2D eigenvalue weighted by molar-refractivity contribution is 0.542. The van der Waals surface area contributed by atoms with Crippen LogP contribution < -0.4 is 5.32 Å². The van der Waals surface area contributed by atoms with Crippen molar-refractivity contribution in [2.75, 3.05) is 6.54 Å². The molecule has 0 saturated heterocycles. The molecule has 86 valence electrons. The molecule has 2 aromatic rings. The average molecular weight is 240 g/mol. The summed E-state index contributed by atoms with van der Waals surface area (Å²) in [7, 11) is 1.96. The Hall–Kier alpha value is -1.26. The van der Waals surface area contributed by atoms with Gasteiger partial charge in [-0.25, -0.2) is 4.98 Å². The lowest BCUT2D eigenvalue weighted by atomic mass is 10.1. The first-order valence-corrected chi connectivity index (χ1v) is 5.55. The fraction of sp³-hybridized carbons (Fsp3) is 0.364. The summed E-state index contributed by atoms with van der Waals surface area (Å²) < 4.78 is 7.09. The van der Waals surface area contributed by atoms with Gasteiger partial charge in [0.2, 0.25) is 0 Å². The van der Waals surface area contributed by atoms with Crippen LogP contribution in [-0.2, 0) is 7.05 Å². The van der Waals surface area contributed by atoms with Gasteiger partial charge in [-0.05, 0) is 24.2 Å². The van der Waals surface area contributed by atoms with Crippen LogP contribution in [0, 0.1) is 0 Å². The zero-order valence-corrected chi connectivity index (χ0v) is 10.0. The summed E-state index contributed by atoms with van der Waals surface area (Å²) in [5.74, 6) is 0.921. The Labute approximate surface area is 99.2 Å². The maximum absolute atomic E-state index is 6.00. The molecule has 0 amide bonds. The summed E-state index contributed by atoms with van der Waals surface area (Å²) in [6, 6.07) is 1.83. The van der Waals surface area contributed by atoms with Gasteiger partial charge in [-0.2, -0.15) is 0 Å². The molecule has 0 aliphatic carbocycles. The molecular weight excluding hydrogens is 226 g/mol. The van der Waals surface area contributed by atoms with Gasteiger partial charge in [-0.1, -0.05) is 6.92 Å². The average Bonchev–Trinajstić information content (AvgIpc) is 2.84. The quantitative estimate of drug-likeness (QED) is 0.891. The van der Waals surface area contributed by atoms with Gasteiger partial charge in [0.15, 0.2) is 5.22 Å². The van der Waals surface area contributed by atoms with Gasteiger partial charge in [0.1, 0.15) is 5.82 Å². The second-order valence-electron chi connectivity index (χ2n) is 3.54. The Morgan fingerprint density at radius 1 is 1.62 bits per heavy atom. The van der Waals surface area contributed by atoms with E-state index in [0.29, 0.717) is 5.22 Å². The minimum atomic E-state index is -0.0313. The normalized spacial score (nSPS) is 12.9. The van der Waals surface area contributed by atoms with Crippen LogP contribution in [0.3, 0.4) is 0 Å². The third kappa shape index (κ3) is 1.99. The van der Waals surface area contributed by atoms with E-state index >= 15 is 0 Å². The van der Waals surface area contributed by atoms with E-state index in [1.807, 2.05) is 30.8 Å². The molecule has 2 rings (SSSR count). The van der Waals surface area contributed by atoms with Gasteiger partial charge in [0.25, 0.3) is 0 Å². The molecular formula is C11H14ClN3O. The molecule has 4 nitrogen and oxygen atoms in total. The second-order valence-corrected chi connectivity index (χ2v) is 3.88. The third-order valence-corrected chi connectivity index (χ3v) is 2.79. The topological polar surface area (TPSA) is 43.0 Å². The zero-order chi connectivity index (χ0) is 11.5. The maximum Gasteiger partial charge on any atom is 0.198 e. The van der Waals surface area contributed by atoms with Gasteiger partial charge in [-0.3, -0.25) is 0 Å². The molecule has 1 atom stereocenters. The number of furan rings is 1. The van der Waals surface area contributed by atoms with Crippen LogP contribution in [0.15, 0.2) is 29.1 Å². The summed E-state index contributed by atoms with van der Waals surface area (Å²) >= 11 is 6.00. The number of nitrogens with one attached hydrogen (secondary N) is 1. The van der Waals surface area contributed by atoms with Gasteiger partial charge >= 0.3 is 0 Å². The number of hydrogen-bond donors (Lipinski definition) is 1. The molecule has 0 aromatic carbocycles. The number of hydrogen-bond acceptors (Lipinski definition) is 3. The minimum absolute atomic E-state index is 0.0313. The SMILES string of the molecule is CCNC(c1ccoc1Cl)c1nccn1C. The number of imidazole rings is 1. The highest BCUT2D eigenvalue weighted by Crippen LogP contribution is 2.27. The van der Waals surface area contributed by atoms with Crippen molar-refractivity contribution in [2.45, 2.75) is 13.0 Å². The van der Waals surface area contributed by atoms with E-state index in [0.717, 1.165) is 17.9 Å². The molecule has 0 bridgehead atoms. The highest BCUT2D eigenvalue weighted by atomic mass is 35.5. The fourth-order valence-electron chi connectivity index (χ4n) is 1.71. The number of aromatic nitrogens is 2. The van der Waals surface area contributed by atoms with E-state index < -0.39 is 0 Å². The van der Waals surface area contributed by atoms with Crippen LogP contribution in [0.5, 0.6) is 0 Å². The summed E-state index contributed by atoms with van der Waals surface area (Å²) in [5.41, 5.74) is 0.915. The number of halogens is 1. The Bertz CT molecular complexity index is 423. The predicted molar refractivity (Wildman–Crippen MR) is 62.4 cm³/mol. The van der Waals surface area contributed by atoms with Crippen molar-refractivity contribution in [1.29, 1.82) is 0 Å². The van der Waals surface area contributed by atoms with Crippen LogP contribution in [-0.4, -0.2) is 16.1 Å². The van der Waals surface area contributed by atoms with Crippen molar-refractivity contribution in [2.24, 2.45) is 7.05 Å². The molecule has 2 aromatic heterocycles. The van der Waals surface area contributed by atoms with E-state index in [4.69, 9.17) is 16.0 Å². The second kappa shape index (κ2) is 4.72. The summed E-state index contributed by atoms with van der Waals surface area (Å²) in [6.07, 6.45) is 5.27. The Kier molecular flexibility index (Phi) is 3.31. The number of nitrogens with zero attached hydrogens (tertiary/aromatic N) is 2. The van der Waals surface area contributed by atoms with Crippen molar-refractivity contribution in [1.82, 2.24) is 14.9 Å². The van der Waals surface area contributed by atoms with Gasteiger partial charge in [0.05, 0.1) is 12.3 Å². The first kappa shape index (κ1) is 11.2. The maximum atomic E-state index is 6.00. The summed E-state index contributed by atoms with van der Waals surface area (Å²) in [4.78, 5) is 4.33. The van der Waals surface area contributed by atoms with Crippen molar-refractivity contribution in [3.05, 3.63) is 41.3 Å². The Balaban J connectivity index is 2.39. The van der Waals surface area contributed by atoms with E-state index in [9.17, 15) is 0 Å². The van der Waals surface area contributed by atoms with Crippen molar-refractivity contribution >= 4 is 11.6 Å². The molecule has 0 aliphatic rings. The van der Waals surface area contributed by atoms with Gasteiger partial charge in [0, 0.05) is 25.0 Å². The van der Waals surface area contributed by atoms with E-state index in [1.54, 1.807) is 12.5 Å². The largest absolute Gasteiger partial charge is 0.453 e. The molecule has 2 heterocycles. The lowest BCUT2D eigenvalue weighted by Crippen LogP contribution is -2.24. The smallest absolute Gasteiger partial charge is 0.198 e. The molecule has 1 unspecified atom stereocenters. The highest BCUT2D eigenvalue weighted by Gasteiger charge is 2.21. The minimum Gasteiger partial charge on any atom is -0.453 e. The summed E-state index contributed by atoms with van der Waals surface area (Å²) in [5, 5.41) is 3.75. The third-order valence-electron chi connectivity index (χ3n) is 2.48. The van der Waals surface area contributed by atoms with Crippen molar-refractivity contribution in [3.8, 4) is 0 Å². The molecule has 1 N–H and O–H groups in total. The van der Waals surface area contributed by atoms with Gasteiger partial charge < -0.3 is 14.3 Å². The van der Waals surface area contributed by atoms with Crippen LogP contribution in [0.4, 0.5) is 0 Å². The Morgan fingerprint density at radius 3 is 2.94 bits per heavy atom. The molecule has 0 aliphatic heterocycles. The molecule has 0 radical (unpaired) electrons. The number of rotatable bonds is 4. The Morgan fingerprint density at radius 2 is 2.44 bits per heavy atom. The fourth-order valence-corrected chi connectivity index (χ4v) is 1.93. The van der Waals surface area contributed by atoms with Gasteiger partial charge in [-0.15, -0.1) is 0 Å². The standard InChI is InChI=1S/C11H14ClN3O/c1-3-13-9(8-4-7-16-10(8)12)11-14-5-6-15(11)2/h4-7,9,13H,3H2,1-2H3. The molecule has 0 saturated carbocycles. The first-order chi connectivity index (χ1) is 7.74. The number of aryl methyl sites for hydroxylation is 1. The van der Waals surface area contributed by atoms with Crippen molar-refractivity contribution < 1.29 is 4.42 Å². The van der Waals surface area contributed by atoms with E-state index in [1.165, 1.54) is 0 Å². The van der Waals surface area contributed by atoms with E-state index in [-0.39, 0.29) is 6.04 Å². The molecule has 5 heteroatoms. The van der Waals surface area contributed by atoms with Crippen LogP contribution in [0.2, 0.25) is 5.22 Å². The highest BCUT2D eigenvalue weighted by molar-refractivity contribution is 6.29. The van der Waals surface area contributed by atoms with E-state index in [2.05, 4.69) is 10.3 Å². The monoisotopic (exact) mass is 239 g/mol. The lowest BCUT2D eigenvalue weighted by Gasteiger charge is -2.16. The predicted octanol–water partition coefficient (Wildman–Crippen LogP) is 2.37. The van der Waals surface area contributed by atoms with Crippen LogP contribution in [0.25, 0.3) is 0 Å². The van der Waals surface area contributed by atoms with Crippen molar-refractivity contribution in [3.63, 3.8) is 0 Å². The first-order valence-electron chi connectivity index (χ1n) is 5.17.